The zero-order valence-electron chi connectivity index (χ0n) is 17.6. The number of nitrogens with zero attached hydrogens (tertiary/aromatic N) is 1. The van der Waals surface area contributed by atoms with E-state index in [0.29, 0.717) is 16.3 Å². The number of alkyl halides is 3. The molecule has 174 valence electrons. The first kappa shape index (κ1) is 23.4. The smallest absolute Gasteiger partial charge is 0.416 e. The molecular formula is C25H17ClF3NO4. The number of anilines is 1. The number of ether oxygens (including phenoxy) is 1. The largest absolute Gasteiger partial charge is 0.507 e. The van der Waals surface area contributed by atoms with Crippen molar-refractivity contribution in [2.24, 2.45) is 0 Å². The Morgan fingerprint density at radius 2 is 1.65 bits per heavy atom. The first-order valence-corrected chi connectivity index (χ1v) is 10.4. The number of amides is 1. The Morgan fingerprint density at radius 1 is 1.00 bits per heavy atom. The van der Waals surface area contributed by atoms with Gasteiger partial charge in [0.2, 0.25) is 0 Å². The minimum absolute atomic E-state index is 0.134. The molecule has 1 fully saturated rings. The first-order chi connectivity index (χ1) is 16.1. The van der Waals surface area contributed by atoms with Gasteiger partial charge in [0.05, 0.1) is 24.3 Å². The van der Waals surface area contributed by atoms with Crippen molar-refractivity contribution in [3.63, 3.8) is 0 Å². The van der Waals surface area contributed by atoms with E-state index in [1.54, 1.807) is 24.3 Å². The average Bonchev–Trinajstić information content (AvgIpc) is 3.09. The van der Waals surface area contributed by atoms with E-state index in [4.69, 9.17) is 16.3 Å². The van der Waals surface area contributed by atoms with Gasteiger partial charge < -0.3 is 9.84 Å². The second-order valence-corrected chi connectivity index (χ2v) is 7.93. The van der Waals surface area contributed by atoms with Crippen LogP contribution in [-0.2, 0) is 15.8 Å². The van der Waals surface area contributed by atoms with E-state index >= 15 is 0 Å². The highest BCUT2D eigenvalue weighted by atomic mass is 35.5. The third-order valence-electron chi connectivity index (χ3n) is 5.45. The number of aliphatic hydroxyl groups is 1. The van der Waals surface area contributed by atoms with Crippen molar-refractivity contribution in [3.05, 3.63) is 100 Å². The highest BCUT2D eigenvalue weighted by molar-refractivity contribution is 6.51. The van der Waals surface area contributed by atoms with Crippen LogP contribution in [0, 0.1) is 0 Å². The summed E-state index contributed by atoms with van der Waals surface area (Å²) >= 11 is 5.98. The normalized spacial score (nSPS) is 17.8. The minimum atomic E-state index is -4.65. The van der Waals surface area contributed by atoms with Crippen LogP contribution in [0.25, 0.3) is 5.76 Å². The predicted octanol–water partition coefficient (Wildman–Crippen LogP) is 5.99. The standard InChI is InChI=1S/C25H17ClF3NO4/c1-34-19-11-7-15(8-12-19)22(31)20-21(14-5-9-17(26)10-6-14)30(24(33)23(20)32)18-4-2-3-16(13-18)25(27,28)29/h2-13,21,31H,1H3/b22-20+. The summed E-state index contributed by atoms with van der Waals surface area (Å²) in [6.45, 7) is 0. The number of methoxy groups -OCH3 is 1. The minimum Gasteiger partial charge on any atom is -0.507 e. The molecule has 0 aromatic heterocycles. The van der Waals surface area contributed by atoms with Crippen molar-refractivity contribution in [2.75, 3.05) is 12.0 Å². The van der Waals surface area contributed by atoms with Gasteiger partial charge >= 0.3 is 6.18 Å². The summed E-state index contributed by atoms with van der Waals surface area (Å²) in [7, 11) is 1.47. The number of hydrogen-bond donors (Lipinski definition) is 1. The quantitative estimate of drug-likeness (QED) is 0.279. The monoisotopic (exact) mass is 487 g/mol. The molecule has 0 saturated carbocycles. The summed E-state index contributed by atoms with van der Waals surface area (Å²) in [6, 6.07) is 15.2. The highest BCUT2D eigenvalue weighted by Crippen LogP contribution is 2.43. The zero-order valence-corrected chi connectivity index (χ0v) is 18.4. The van der Waals surface area contributed by atoms with Crippen LogP contribution in [0.4, 0.5) is 18.9 Å². The van der Waals surface area contributed by atoms with Gasteiger partial charge in [0.15, 0.2) is 0 Å². The molecule has 5 nitrogen and oxygen atoms in total. The van der Waals surface area contributed by atoms with Crippen molar-refractivity contribution in [1.29, 1.82) is 0 Å². The van der Waals surface area contributed by atoms with Crippen LogP contribution in [0.15, 0.2) is 78.4 Å². The third kappa shape index (κ3) is 4.24. The average molecular weight is 488 g/mol. The zero-order chi connectivity index (χ0) is 24.6. The van der Waals surface area contributed by atoms with E-state index in [1.165, 1.54) is 37.4 Å². The van der Waals surface area contributed by atoms with Gasteiger partial charge in [0.1, 0.15) is 11.5 Å². The second-order valence-electron chi connectivity index (χ2n) is 7.50. The number of carbonyl (C=O) groups is 2. The fraction of sp³-hybridized carbons (Fsp3) is 0.120. The molecule has 0 radical (unpaired) electrons. The Bertz CT molecular complexity index is 1280. The van der Waals surface area contributed by atoms with Gasteiger partial charge in [-0.05, 0) is 60.2 Å². The lowest BCUT2D eigenvalue weighted by Crippen LogP contribution is -2.29. The molecule has 3 aromatic rings. The summed E-state index contributed by atoms with van der Waals surface area (Å²) in [5.41, 5.74) is -0.740. The lowest BCUT2D eigenvalue weighted by Gasteiger charge is -2.26. The number of hydrogen-bond acceptors (Lipinski definition) is 4. The maximum Gasteiger partial charge on any atom is 0.416 e. The second kappa shape index (κ2) is 8.87. The predicted molar refractivity (Wildman–Crippen MR) is 121 cm³/mol. The SMILES string of the molecule is COc1ccc(/C(O)=C2\C(=O)C(=O)N(c3cccc(C(F)(F)F)c3)C2c2ccc(Cl)cc2)cc1. The van der Waals surface area contributed by atoms with E-state index in [9.17, 15) is 27.9 Å². The molecule has 0 spiro atoms. The first-order valence-electron chi connectivity index (χ1n) is 10.00. The van der Waals surface area contributed by atoms with Gasteiger partial charge in [-0.3, -0.25) is 14.5 Å². The molecule has 0 bridgehead atoms. The number of Topliss-reactive ketones (excluding diaryl/α,β-unsaturated/α-hetero) is 1. The molecule has 1 N–H and O–H groups in total. The molecule has 1 saturated heterocycles. The summed E-state index contributed by atoms with van der Waals surface area (Å²) in [5, 5.41) is 11.4. The summed E-state index contributed by atoms with van der Waals surface area (Å²) in [5.74, 6) is -2.04. The van der Waals surface area contributed by atoms with Crippen LogP contribution in [0.3, 0.4) is 0 Å². The molecule has 1 unspecified atom stereocenters. The molecule has 4 rings (SSSR count). The molecule has 9 heteroatoms. The van der Waals surface area contributed by atoms with Gasteiger partial charge in [0, 0.05) is 16.3 Å². The molecule has 1 atom stereocenters. The molecule has 3 aromatic carbocycles. The molecule has 34 heavy (non-hydrogen) atoms. The maximum absolute atomic E-state index is 13.3. The van der Waals surface area contributed by atoms with Crippen molar-refractivity contribution >= 4 is 34.7 Å². The van der Waals surface area contributed by atoms with Gasteiger partial charge in [-0.1, -0.05) is 29.8 Å². The van der Waals surface area contributed by atoms with E-state index in [1.807, 2.05) is 0 Å². The summed E-state index contributed by atoms with van der Waals surface area (Å²) in [4.78, 5) is 27.1. The number of halogens is 4. The van der Waals surface area contributed by atoms with E-state index in [0.717, 1.165) is 23.1 Å². The summed E-state index contributed by atoms with van der Waals surface area (Å²) in [6.07, 6.45) is -4.65. The van der Waals surface area contributed by atoms with Gasteiger partial charge in [-0.25, -0.2) is 0 Å². The Morgan fingerprint density at radius 3 is 2.24 bits per heavy atom. The van der Waals surface area contributed by atoms with Crippen molar-refractivity contribution in [1.82, 2.24) is 0 Å². The molecular weight excluding hydrogens is 471 g/mol. The van der Waals surface area contributed by atoms with Gasteiger partial charge in [-0.15, -0.1) is 0 Å². The van der Waals surface area contributed by atoms with Crippen LogP contribution in [-0.4, -0.2) is 23.9 Å². The Hall–Kier alpha value is -3.78. The topological polar surface area (TPSA) is 66.8 Å². The molecule has 1 aliphatic rings. The number of carbonyl (C=O) groups excluding carboxylic acids is 2. The number of rotatable bonds is 4. The number of aliphatic hydroxyl groups excluding tert-OH is 1. The van der Waals surface area contributed by atoms with E-state index < -0.39 is 35.2 Å². The van der Waals surface area contributed by atoms with Gasteiger partial charge in [0.25, 0.3) is 11.7 Å². The van der Waals surface area contributed by atoms with Crippen molar-refractivity contribution in [3.8, 4) is 5.75 Å². The number of ketones is 1. The lowest BCUT2D eigenvalue weighted by atomic mass is 9.95. The van der Waals surface area contributed by atoms with Crippen molar-refractivity contribution < 1.29 is 32.6 Å². The molecule has 0 aliphatic carbocycles. The maximum atomic E-state index is 13.3. The van der Waals surface area contributed by atoms with Crippen LogP contribution >= 0.6 is 11.6 Å². The third-order valence-corrected chi connectivity index (χ3v) is 5.70. The lowest BCUT2D eigenvalue weighted by molar-refractivity contribution is -0.137. The van der Waals surface area contributed by atoms with Crippen LogP contribution < -0.4 is 9.64 Å². The van der Waals surface area contributed by atoms with Gasteiger partial charge in [-0.2, -0.15) is 13.2 Å². The van der Waals surface area contributed by atoms with E-state index in [-0.39, 0.29) is 16.8 Å². The Balaban J connectivity index is 1.92. The Kier molecular flexibility index (Phi) is 6.10. The van der Waals surface area contributed by atoms with E-state index in [2.05, 4.69) is 0 Å². The van der Waals surface area contributed by atoms with Crippen LogP contribution in [0.2, 0.25) is 5.02 Å². The Labute approximate surface area is 197 Å². The highest BCUT2D eigenvalue weighted by Gasteiger charge is 2.47. The molecule has 1 heterocycles. The molecule has 1 aliphatic heterocycles. The fourth-order valence-corrected chi connectivity index (χ4v) is 3.92. The van der Waals surface area contributed by atoms with Crippen LogP contribution in [0.5, 0.6) is 5.75 Å². The molecule has 1 amide bonds. The number of benzene rings is 3. The fourth-order valence-electron chi connectivity index (χ4n) is 3.80. The van der Waals surface area contributed by atoms with Crippen LogP contribution in [0.1, 0.15) is 22.7 Å². The van der Waals surface area contributed by atoms with Crippen molar-refractivity contribution in [2.45, 2.75) is 12.2 Å². The summed E-state index contributed by atoms with van der Waals surface area (Å²) < 4.78 is 45.1.